The van der Waals surface area contributed by atoms with Crippen LogP contribution in [0.3, 0.4) is 0 Å². The second-order valence-corrected chi connectivity index (χ2v) is 6.23. The van der Waals surface area contributed by atoms with Crippen LogP contribution >= 0.6 is 11.6 Å². The summed E-state index contributed by atoms with van der Waals surface area (Å²) in [7, 11) is 0. The molecular formula is C12H21ClO. The van der Waals surface area contributed by atoms with Crippen LogP contribution in [0.1, 0.15) is 40.0 Å². The van der Waals surface area contributed by atoms with E-state index in [1.54, 1.807) is 0 Å². The number of alkyl halides is 1. The molecule has 0 aliphatic heterocycles. The molecule has 2 saturated carbocycles. The summed E-state index contributed by atoms with van der Waals surface area (Å²) in [6.45, 7) is 7.82. The van der Waals surface area contributed by atoms with Gasteiger partial charge in [0.2, 0.25) is 0 Å². The van der Waals surface area contributed by atoms with Crippen molar-refractivity contribution < 1.29 is 4.74 Å². The van der Waals surface area contributed by atoms with Crippen molar-refractivity contribution in [1.82, 2.24) is 0 Å². The molecule has 0 aromatic heterocycles. The zero-order chi connectivity index (χ0) is 10.4. The van der Waals surface area contributed by atoms with E-state index in [2.05, 4.69) is 20.8 Å². The summed E-state index contributed by atoms with van der Waals surface area (Å²) >= 11 is 5.70. The maximum Gasteiger partial charge on any atom is 0.0682 e. The molecule has 0 spiro atoms. The zero-order valence-corrected chi connectivity index (χ0v) is 10.2. The summed E-state index contributed by atoms with van der Waals surface area (Å²) in [6, 6.07) is 0. The van der Waals surface area contributed by atoms with Gasteiger partial charge in [-0.15, -0.1) is 11.6 Å². The normalized spacial score (nSPS) is 44.6. The first kappa shape index (κ1) is 10.8. The monoisotopic (exact) mass is 216 g/mol. The molecule has 0 aromatic carbocycles. The van der Waals surface area contributed by atoms with Gasteiger partial charge in [0.05, 0.1) is 12.7 Å². The van der Waals surface area contributed by atoms with Gasteiger partial charge in [-0.05, 0) is 36.0 Å². The largest absolute Gasteiger partial charge is 0.376 e. The zero-order valence-electron chi connectivity index (χ0n) is 9.48. The summed E-state index contributed by atoms with van der Waals surface area (Å²) in [5, 5.41) is 0. The van der Waals surface area contributed by atoms with E-state index in [1.807, 2.05) is 0 Å². The smallest absolute Gasteiger partial charge is 0.0682 e. The number of hydrogen-bond acceptors (Lipinski definition) is 1. The molecule has 3 unspecified atom stereocenters. The molecule has 14 heavy (non-hydrogen) atoms. The Morgan fingerprint density at radius 2 is 2.07 bits per heavy atom. The Kier molecular flexibility index (Phi) is 2.60. The van der Waals surface area contributed by atoms with Crippen molar-refractivity contribution in [1.29, 1.82) is 0 Å². The van der Waals surface area contributed by atoms with E-state index in [0.717, 1.165) is 5.92 Å². The summed E-state index contributed by atoms with van der Waals surface area (Å²) in [5.41, 5.74) is 0.791. The third-order valence-corrected chi connectivity index (χ3v) is 4.65. The first-order chi connectivity index (χ1) is 6.50. The average molecular weight is 217 g/mol. The maximum absolute atomic E-state index is 5.97. The molecule has 0 heterocycles. The second-order valence-electron chi connectivity index (χ2n) is 5.85. The Morgan fingerprint density at radius 3 is 2.57 bits per heavy atom. The molecule has 2 aliphatic rings. The first-order valence-corrected chi connectivity index (χ1v) is 6.22. The molecule has 1 nitrogen and oxygen atoms in total. The fourth-order valence-corrected chi connectivity index (χ4v) is 3.92. The minimum Gasteiger partial charge on any atom is -0.376 e. The highest BCUT2D eigenvalue weighted by atomic mass is 35.5. The van der Waals surface area contributed by atoms with Crippen LogP contribution in [0.4, 0.5) is 0 Å². The molecule has 0 N–H and O–H groups in total. The number of halogens is 1. The topological polar surface area (TPSA) is 9.23 Å². The maximum atomic E-state index is 5.97. The fourth-order valence-electron chi connectivity index (χ4n) is 3.83. The lowest BCUT2D eigenvalue weighted by molar-refractivity contribution is -0.0833. The Labute approximate surface area is 92.2 Å². The van der Waals surface area contributed by atoms with Gasteiger partial charge < -0.3 is 4.74 Å². The van der Waals surface area contributed by atoms with Gasteiger partial charge in [0, 0.05) is 5.88 Å². The van der Waals surface area contributed by atoms with Crippen molar-refractivity contribution in [3.8, 4) is 0 Å². The molecule has 0 aromatic rings. The van der Waals surface area contributed by atoms with Crippen molar-refractivity contribution >= 4 is 11.6 Å². The molecule has 0 radical (unpaired) electrons. The van der Waals surface area contributed by atoms with Crippen molar-refractivity contribution in [2.24, 2.45) is 16.7 Å². The van der Waals surface area contributed by atoms with Crippen LogP contribution in [0.25, 0.3) is 0 Å². The lowest BCUT2D eigenvalue weighted by atomic mass is 9.70. The van der Waals surface area contributed by atoms with Crippen molar-refractivity contribution in [2.75, 3.05) is 12.5 Å². The Hall–Kier alpha value is 0.250. The lowest BCUT2D eigenvalue weighted by Gasteiger charge is -2.42. The van der Waals surface area contributed by atoms with E-state index < -0.39 is 0 Å². The number of ether oxygens (including phenoxy) is 1. The second kappa shape index (κ2) is 3.38. The predicted molar refractivity (Wildman–Crippen MR) is 59.7 cm³/mol. The summed E-state index contributed by atoms with van der Waals surface area (Å²) in [6.07, 6.45) is 4.51. The molecule has 0 saturated heterocycles. The van der Waals surface area contributed by atoms with Gasteiger partial charge in [0.1, 0.15) is 0 Å². The Morgan fingerprint density at radius 1 is 1.36 bits per heavy atom. The first-order valence-electron chi connectivity index (χ1n) is 5.68. The van der Waals surface area contributed by atoms with Gasteiger partial charge in [-0.3, -0.25) is 0 Å². The van der Waals surface area contributed by atoms with Gasteiger partial charge >= 0.3 is 0 Å². The number of fused-ring (bicyclic) bond motifs is 2. The average Bonchev–Trinajstić information content (AvgIpc) is 2.55. The van der Waals surface area contributed by atoms with Gasteiger partial charge in [-0.2, -0.15) is 0 Å². The number of rotatable bonds is 3. The van der Waals surface area contributed by atoms with Crippen molar-refractivity contribution in [2.45, 2.75) is 46.1 Å². The highest BCUT2D eigenvalue weighted by molar-refractivity contribution is 6.17. The SMILES string of the molecule is CC12CCC(C1)C(C)(C)C2OCCCl. The Balaban J connectivity index is 2.13. The van der Waals surface area contributed by atoms with Crippen molar-refractivity contribution in [3.63, 3.8) is 0 Å². The summed E-state index contributed by atoms with van der Waals surface area (Å²) < 4.78 is 5.97. The summed E-state index contributed by atoms with van der Waals surface area (Å²) in [5.74, 6) is 1.49. The molecular weight excluding hydrogens is 196 g/mol. The van der Waals surface area contributed by atoms with Crippen LogP contribution in [0.5, 0.6) is 0 Å². The third kappa shape index (κ3) is 1.40. The number of hydrogen-bond donors (Lipinski definition) is 0. The standard InChI is InChI=1S/C12H21ClO/c1-11(2)9-4-5-12(3,8-9)10(11)14-7-6-13/h9-10H,4-8H2,1-3H3. The van der Waals surface area contributed by atoms with E-state index >= 15 is 0 Å². The van der Waals surface area contributed by atoms with E-state index in [9.17, 15) is 0 Å². The molecule has 2 bridgehead atoms. The van der Waals surface area contributed by atoms with Gasteiger partial charge in [-0.1, -0.05) is 20.8 Å². The van der Waals surface area contributed by atoms with Crippen LogP contribution in [0.15, 0.2) is 0 Å². The lowest BCUT2D eigenvalue weighted by Crippen LogP contribution is -2.42. The minimum atomic E-state index is 0.360. The predicted octanol–water partition coefficient (Wildman–Crippen LogP) is 3.46. The highest BCUT2D eigenvalue weighted by Gasteiger charge is 2.59. The van der Waals surface area contributed by atoms with Gasteiger partial charge in [0.15, 0.2) is 0 Å². The fraction of sp³-hybridized carbons (Fsp3) is 1.00. The minimum absolute atomic E-state index is 0.360. The van der Waals surface area contributed by atoms with Crippen LogP contribution in [-0.2, 0) is 4.74 Å². The Bertz CT molecular complexity index is 222. The molecule has 2 fully saturated rings. The van der Waals surface area contributed by atoms with Crippen LogP contribution in [0.2, 0.25) is 0 Å². The van der Waals surface area contributed by atoms with E-state index in [1.165, 1.54) is 19.3 Å². The van der Waals surface area contributed by atoms with E-state index in [0.29, 0.717) is 29.4 Å². The third-order valence-electron chi connectivity index (χ3n) is 4.50. The van der Waals surface area contributed by atoms with Crippen LogP contribution < -0.4 is 0 Å². The molecule has 2 heteroatoms. The van der Waals surface area contributed by atoms with Crippen LogP contribution in [0, 0.1) is 16.7 Å². The van der Waals surface area contributed by atoms with Crippen LogP contribution in [-0.4, -0.2) is 18.6 Å². The van der Waals surface area contributed by atoms with Gasteiger partial charge in [0.25, 0.3) is 0 Å². The molecule has 0 amide bonds. The van der Waals surface area contributed by atoms with Crippen molar-refractivity contribution in [3.05, 3.63) is 0 Å². The quantitative estimate of drug-likeness (QED) is 0.657. The van der Waals surface area contributed by atoms with E-state index in [-0.39, 0.29) is 0 Å². The van der Waals surface area contributed by atoms with E-state index in [4.69, 9.17) is 16.3 Å². The highest BCUT2D eigenvalue weighted by Crippen LogP contribution is 2.63. The molecule has 2 rings (SSSR count). The molecule has 2 aliphatic carbocycles. The van der Waals surface area contributed by atoms with Gasteiger partial charge in [-0.25, -0.2) is 0 Å². The molecule has 3 atom stereocenters. The molecule has 82 valence electrons. The summed E-state index contributed by atoms with van der Waals surface area (Å²) in [4.78, 5) is 0.